The lowest BCUT2D eigenvalue weighted by Gasteiger charge is -2.44. The van der Waals surface area contributed by atoms with Crippen LogP contribution in [0.15, 0.2) is 48.5 Å². The molecule has 4 rings (SSSR count). The molecule has 2 saturated heterocycles. The second-order valence-electron chi connectivity index (χ2n) is 9.81. The Labute approximate surface area is 230 Å². The molecule has 12 nitrogen and oxygen atoms in total. The summed E-state index contributed by atoms with van der Waals surface area (Å²) in [6.45, 7) is 1.03. The zero-order valence-corrected chi connectivity index (χ0v) is 21.8. The molecule has 0 radical (unpaired) electrons. The van der Waals surface area contributed by atoms with Gasteiger partial charge >= 0.3 is 17.9 Å². The molecule has 12 heteroatoms. The van der Waals surface area contributed by atoms with E-state index in [0.717, 1.165) is 0 Å². The number of aliphatic hydroxyl groups is 2. The molecule has 40 heavy (non-hydrogen) atoms. The third-order valence-corrected chi connectivity index (χ3v) is 6.55. The molecule has 2 aromatic rings. The highest BCUT2D eigenvalue weighted by Gasteiger charge is 2.51. The molecule has 2 aliphatic heterocycles. The van der Waals surface area contributed by atoms with Gasteiger partial charge in [-0.15, -0.1) is 0 Å². The molecule has 0 bridgehead atoms. The van der Waals surface area contributed by atoms with Gasteiger partial charge < -0.3 is 44.1 Å². The largest absolute Gasteiger partial charge is 0.508 e. The van der Waals surface area contributed by atoms with Gasteiger partial charge in [0.2, 0.25) is 0 Å². The van der Waals surface area contributed by atoms with Gasteiger partial charge in [0.25, 0.3) is 0 Å². The van der Waals surface area contributed by atoms with Crippen LogP contribution in [0.4, 0.5) is 0 Å². The Balaban J connectivity index is 1.56. The van der Waals surface area contributed by atoms with Crippen LogP contribution in [0.1, 0.15) is 30.9 Å². The van der Waals surface area contributed by atoms with Crippen molar-refractivity contribution in [3.63, 3.8) is 0 Å². The van der Waals surface area contributed by atoms with E-state index in [9.17, 15) is 34.8 Å². The average molecular weight is 561 g/mol. The Morgan fingerprint density at radius 3 is 1.93 bits per heavy atom. The lowest BCUT2D eigenvalue weighted by molar-refractivity contribution is -0.318. The second-order valence-corrected chi connectivity index (χ2v) is 9.81. The number of cyclic esters (lactones) is 1. The second kappa shape index (κ2) is 13.1. The summed E-state index contributed by atoms with van der Waals surface area (Å²) in [4.78, 5) is 37.8. The predicted octanol–water partition coefficient (Wildman–Crippen LogP) is 0.895. The van der Waals surface area contributed by atoms with Crippen LogP contribution >= 0.6 is 0 Å². The molecule has 0 amide bonds. The Morgan fingerprint density at radius 1 is 0.900 bits per heavy atom. The summed E-state index contributed by atoms with van der Waals surface area (Å²) < 4.78 is 28.1. The number of carbonyl (C=O) groups is 3. The lowest BCUT2D eigenvalue weighted by atomic mass is 9.98. The van der Waals surface area contributed by atoms with Crippen molar-refractivity contribution < 1.29 is 58.5 Å². The Morgan fingerprint density at radius 2 is 1.43 bits per heavy atom. The fraction of sp³-hybridized carbons (Fsp3) is 0.464. The summed E-state index contributed by atoms with van der Waals surface area (Å²) >= 11 is 0. The fourth-order valence-corrected chi connectivity index (χ4v) is 4.61. The van der Waals surface area contributed by atoms with Crippen LogP contribution in [0.2, 0.25) is 0 Å². The van der Waals surface area contributed by atoms with E-state index in [-0.39, 0.29) is 30.8 Å². The normalized spacial score (nSPS) is 28.4. The van der Waals surface area contributed by atoms with Crippen molar-refractivity contribution in [1.29, 1.82) is 0 Å². The van der Waals surface area contributed by atoms with Gasteiger partial charge in [-0.2, -0.15) is 0 Å². The Kier molecular flexibility index (Phi) is 9.58. The van der Waals surface area contributed by atoms with Crippen LogP contribution < -0.4 is 0 Å². The number of aliphatic hydroxyl groups excluding tert-OH is 2. The molecule has 2 heterocycles. The molecule has 4 N–H and O–H groups in total. The minimum absolute atomic E-state index is 0.0178. The third-order valence-electron chi connectivity index (χ3n) is 6.55. The van der Waals surface area contributed by atoms with Crippen LogP contribution in [0.25, 0.3) is 0 Å². The monoisotopic (exact) mass is 560 g/mol. The molecular formula is C28H32O12. The number of rotatable bonds is 9. The highest BCUT2D eigenvalue weighted by Crippen LogP contribution is 2.31. The summed E-state index contributed by atoms with van der Waals surface area (Å²) in [5.41, 5.74) is 1.04. The van der Waals surface area contributed by atoms with Gasteiger partial charge in [0.05, 0.1) is 32.0 Å². The lowest BCUT2D eigenvalue weighted by Crippen LogP contribution is -2.62. The molecule has 0 saturated carbocycles. The molecule has 2 fully saturated rings. The molecule has 216 valence electrons. The topological polar surface area (TPSA) is 178 Å². The van der Waals surface area contributed by atoms with Gasteiger partial charge in [-0.1, -0.05) is 24.3 Å². The third kappa shape index (κ3) is 7.69. The van der Waals surface area contributed by atoms with Crippen molar-refractivity contribution in [3.8, 4) is 11.5 Å². The number of phenols is 2. The van der Waals surface area contributed by atoms with Crippen LogP contribution in [-0.4, -0.2) is 87.9 Å². The van der Waals surface area contributed by atoms with Gasteiger partial charge in [0, 0.05) is 6.42 Å². The van der Waals surface area contributed by atoms with Gasteiger partial charge in [-0.25, -0.2) is 0 Å². The van der Waals surface area contributed by atoms with Gasteiger partial charge in [-0.3, -0.25) is 14.4 Å². The molecule has 2 aromatic carbocycles. The Bertz CT molecular complexity index is 1160. The summed E-state index contributed by atoms with van der Waals surface area (Å²) in [6, 6.07) is 11.7. The molecule has 7 unspecified atom stereocenters. The van der Waals surface area contributed by atoms with Crippen LogP contribution in [0.3, 0.4) is 0 Å². The average Bonchev–Trinajstić information content (AvgIpc) is 2.89. The fourth-order valence-electron chi connectivity index (χ4n) is 4.61. The van der Waals surface area contributed by atoms with Gasteiger partial charge in [-0.05, 0) is 42.3 Å². The first-order valence-corrected chi connectivity index (χ1v) is 12.9. The van der Waals surface area contributed by atoms with E-state index in [4.69, 9.17) is 23.7 Å². The number of carbonyl (C=O) groups excluding carboxylic acids is 3. The highest BCUT2D eigenvalue weighted by atomic mass is 16.7. The number of ether oxygens (including phenoxy) is 5. The highest BCUT2D eigenvalue weighted by molar-refractivity contribution is 5.74. The summed E-state index contributed by atoms with van der Waals surface area (Å²) in [6.07, 6.45) is -8.55. The van der Waals surface area contributed by atoms with Crippen LogP contribution in [0.5, 0.6) is 11.5 Å². The molecule has 0 spiro atoms. The quantitative estimate of drug-likeness (QED) is 0.252. The van der Waals surface area contributed by atoms with E-state index in [0.29, 0.717) is 17.5 Å². The zero-order chi connectivity index (χ0) is 28.8. The van der Waals surface area contributed by atoms with Gasteiger partial charge in [0.1, 0.15) is 29.8 Å². The number of aromatic hydroxyl groups is 2. The van der Waals surface area contributed by atoms with E-state index in [1.807, 2.05) is 0 Å². The van der Waals surface area contributed by atoms with Crippen LogP contribution in [-0.2, 0) is 50.9 Å². The van der Waals surface area contributed by atoms with E-state index >= 15 is 0 Å². The van der Waals surface area contributed by atoms with E-state index in [1.165, 1.54) is 48.5 Å². The van der Waals surface area contributed by atoms with Gasteiger partial charge in [0.15, 0.2) is 18.5 Å². The first-order valence-electron chi connectivity index (χ1n) is 12.9. The zero-order valence-electron chi connectivity index (χ0n) is 21.8. The van der Waals surface area contributed by atoms with E-state index in [1.54, 1.807) is 6.92 Å². The Hall–Kier alpha value is -3.71. The van der Waals surface area contributed by atoms with Crippen molar-refractivity contribution in [2.24, 2.45) is 0 Å². The van der Waals surface area contributed by atoms with E-state index < -0.39 is 67.4 Å². The number of hydrogen-bond donors (Lipinski definition) is 4. The maximum atomic E-state index is 13.0. The maximum absolute atomic E-state index is 13.0. The number of benzene rings is 2. The van der Waals surface area contributed by atoms with Crippen LogP contribution in [0, 0.1) is 0 Å². The minimum atomic E-state index is -1.59. The SMILES string of the molecule is CC1CC(OC2OC(CO)C(O)C(OC(=O)Cc3ccc(O)cc3)C2OC(=O)Cc2ccc(O)cc2)CC(=O)O1. The first kappa shape index (κ1) is 29.3. The van der Waals surface area contributed by atoms with Crippen molar-refractivity contribution in [1.82, 2.24) is 0 Å². The number of hydrogen-bond acceptors (Lipinski definition) is 12. The van der Waals surface area contributed by atoms with Crippen molar-refractivity contribution in [2.45, 2.75) is 75.5 Å². The summed E-state index contributed by atoms with van der Waals surface area (Å²) in [5.74, 6) is -1.99. The van der Waals surface area contributed by atoms with Crippen molar-refractivity contribution in [2.75, 3.05) is 6.61 Å². The first-order chi connectivity index (χ1) is 19.1. The molecule has 2 aliphatic rings. The predicted molar refractivity (Wildman–Crippen MR) is 135 cm³/mol. The summed E-state index contributed by atoms with van der Waals surface area (Å²) in [7, 11) is 0. The molecule has 0 aromatic heterocycles. The molecular weight excluding hydrogens is 528 g/mol. The number of phenolic OH excluding ortho intramolecular Hbond substituents is 2. The molecule has 0 aliphatic carbocycles. The van der Waals surface area contributed by atoms with Crippen molar-refractivity contribution >= 4 is 17.9 Å². The van der Waals surface area contributed by atoms with E-state index in [2.05, 4.69) is 0 Å². The minimum Gasteiger partial charge on any atom is -0.508 e. The molecule has 7 atom stereocenters. The standard InChI is InChI=1S/C28H32O12/c1-15-10-20(13-24(34)36-15)37-28-27(40-23(33)12-17-4-8-19(31)9-5-17)26(25(35)21(14-29)38-28)39-22(32)11-16-2-6-18(30)7-3-16/h2-9,15,20-21,25-31,35H,10-14H2,1H3. The smallest absolute Gasteiger partial charge is 0.310 e. The van der Waals surface area contributed by atoms with Crippen molar-refractivity contribution in [3.05, 3.63) is 59.7 Å². The maximum Gasteiger partial charge on any atom is 0.310 e. The number of esters is 3. The summed E-state index contributed by atoms with van der Waals surface area (Å²) in [5, 5.41) is 39.8.